The molecule has 6 nitrogen and oxygen atoms in total. The van der Waals surface area contributed by atoms with Gasteiger partial charge in [0, 0.05) is 0 Å². The molecule has 0 bridgehead atoms. The van der Waals surface area contributed by atoms with Crippen LogP contribution in [-0.2, 0) is 31.9 Å². The van der Waals surface area contributed by atoms with E-state index in [4.69, 9.17) is 14.0 Å². The van der Waals surface area contributed by atoms with E-state index in [1.54, 1.807) is 13.0 Å². The second-order valence-corrected chi connectivity index (χ2v) is 7.15. The molecule has 0 radical (unpaired) electrons. The van der Waals surface area contributed by atoms with Gasteiger partial charge in [0.05, 0.1) is 12.9 Å². The number of hydrogen-bond donors (Lipinski definition) is 1. The molecule has 2 unspecified atom stereocenters. The second kappa shape index (κ2) is 6.66. The molecule has 0 spiro atoms. The summed E-state index contributed by atoms with van der Waals surface area (Å²) < 4.78 is 32.6. The Morgan fingerprint density at radius 3 is 2.73 bits per heavy atom. The minimum atomic E-state index is -3.45. The molecule has 0 saturated heterocycles. The van der Waals surface area contributed by atoms with Crippen LogP contribution in [0, 0.1) is 5.92 Å². The third-order valence-electron chi connectivity index (χ3n) is 3.66. The summed E-state index contributed by atoms with van der Waals surface area (Å²) in [6, 6.07) is 5.52. The molecule has 22 heavy (non-hydrogen) atoms. The molecular weight excluding hydrogens is 308 g/mol. The first kappa shape index (κ1) is 16.8. The van der Waals surface area contributed by atoms with E-state index >= 15 is 0 Å². The predicted octanol–water partition coefficient (Wildman–Crippen LogP) is 1.62. The maximum atomic E-state index is 11.1. The topological polar surface area (TPSA) is 89.9 Å². The fourth-order valence-electron chi connectivity index (χ4n) is 2.62. The lowest BCUT2D eigenvalue weighted by molar-refractivity contribution is -0.145. The van der Waals surface area contributed by atoms with Crippen LogP contribution in [0.2, 0.25) is 0 Å². The Bertz CT molecular complexity index is 652. The van der Waals surface area contributed by atoms with Crippen molar-refractivity contribution in [2.24, 2.45) is 5.92 Å². The van der Waals surface area contributed by atoms with Crippen LogP contribution in [0.3, 0.4) is 0 Å². The summed E-state index contributed by atoms with van der Waals surface area (Å²) >= 11 is 0. The van der Waals surface area contributed by atoms with E-state index in [0.29, 0.717) is 25.0 Å². The van der Waals surface area contributed by atoms with Crippen molar-refractivity contribution < 1.29 is 27.2 Å². The number of hydrogen-bond acceptors (Lipinski definition) is 5. The van der Waals surface area contributed by atoms with Crippen molar-refractivity contribution in [1.82, 2.24) is 0 Å². The lowest BCUT2D eigenvalue weighted by Gasteiger charge is -2.16. The standard InChI is InChI=1S/C15H20O6S/c1-3-13(15(16)17)21-14-6-4-5-11-7-10(8-12(11)14)9-20-22(2,18)19/h4-6,10,13H,3,7-9H2,1-2H3,(H,16,17). The average Bonchev–Trinajstić information content (AvgIpc) is 2.85. The molecule has 1 aromatic carbocycles. The number of aliphatic carboxylic acids is 1. The first-order chi connectivity index (χ1) is 10.3. The zero-order chi connectivity index (χ0) is 16.3. The number of benzene rings is 1. The summed E-state index contributed by atoms with van der Waals surface area (Å²) in [4.78, 5) is 11.1. The van der Waals surface area contributed by atoms with Gasteiger partial charge >= 0.3 is 5.97 Å². The molecule has 1 aliphatic rings. The van der Waals surface area contributed by atoms with Gasteiger partial charge in [0.15, 0.2) is 6.10 Å². The summed E-state index contributed by atoms with van der Waals surface area (Å²) in [5, 5.41) is 9.10. The van der Waals surface area contributed by atoms with E-state index in [2.05, 4.69) is 0 Å². The highest BCUT2D eigenvalue weighted by atomic mass is 32.2. The second-order valence-electron chi connectivity index (χ2n) is 5.51. The highest BCUT2D eigenvalue weighted by Gasteiger charge is 2.27. The van der Waals surface area contributed by atoms with Crippen LogP contribution in [0.1, 0.15) is 24.5 Å². The maximum absolute atomic E-state index is 11.1. The lowest BCUT2D eigenvalue weighted by atomic mass is 10.1. The molecule has 1 N–H and O–H groups in total. The van der Waals surface area contributed by atoms with Crippen molar-refractivity contribution in [3.63, 3.8) is 0 Å². The third-order valence-corrected chi connectivity index (χ3v) is 4.23. The molecule has 0 aliphatic heterocycles. The van der Waals surface area contributed by atoms with Gasteiger partial charge in [-0.15, -0.1) is 0 Å². The Morgan fingerprint density at radius 1 is 1.41 bits per heavy atom. The van der Waals surface area contributed by atoms with Gasteiger partial charge in [-0.1, -0.05) is 19.1 Å². The Labute approximate surface area is 130 Å². The Kier molecular flexibility index (Phi) is 5.08. The van der Waals surface area contributed by atoms with E-state index in [1.807, 2.05) is 12.1 Å². The van der Waals surface area contributed by atoms with Crippen LogP contribution < -0.4 is 4.74 Å². The Balaban J connectivity index is 2.10. The number of rotatable bonds is 7. The maximum Gasteiger partial charge on any atom is 0.344 e. The molecule has 0 saturated carbocycles. The SMILES string of the molecule is CCC(Oc1cccc2c1CC(COS(C)(=O)=O)C2)C(=O)O. The van der Waals surface area contributed by atoms with Gasteiger partial charge in [-0.25, -0.2) is 4.79 Å². The van der Waals surface area contributed by atoms with Gasteiger partial charge in [-0.2, -0.15) is 8.42 Å². The highest BCUT2D eigenvalue weighted by Crippen LogP contribution is 2.34. The van der Waals surface area contributed by atoms with Crippen molar-refractivity contribution >= 4 is 16.1 Å². The molecule has 7 heteroatoms. The van der Waals surface area contributed by atoms with E-state index < -0.39 is 22.2 Å². The summed E-state index contributed by atoms with van der Waals surface area (Å²) in [6.45, 7) is 1.88. The van der Waals surface area contributed by atoms with Crippen molar-refractivity contribution in [2.75, 3.05) is 12.9 Å². The van der Waals surface area contributed by atoms with Gasteiger partial charge in [0.1, 0.15) is 5.75 Å². The molecule has 2 atom stereocenters. The minimum absolute atomic E-state index is 0.0550. The van der Waals surface area contributed by atoms with Gasteiger partial charge in [0.2, 0.25) is 0 Å². The fraction of sp³-hybridized carbons (Fsp3) is 0.533. The summed E-state index contributed by atoms with van der Waals surface area (Å²) in [5.41, 5.74) is 2.00. The van der Waals surface area contributed by atoms with E-state index in [0.717, 1.165) is 17.4 Å². The molecule has 1 aliphatic carbocycles. The Hall–Kier alpha value is -1.60. The van der Waals surface area contributed by atoms with Crippen LogP contribution in [0.5, 0.6) is 5.75 Å². The molecule has 122 valence electrons. The first-order valence-corrected chi connectivity index (χ1v) is 8.96. The fourth-order valence-corrected chi connectivity index (χ4v) is 3.06. The van der Waals surface area contributed by atoms with E-state index in [1.165, 1.54) is 0 Å². The molecule has 1 aromatic rings. The van der Waals surface area contributed by atoms with Gasteiger partial charge in [0.25, 0.3) is 10.1 Å². The summed E-state index contributed by atoms with van der Waals surface area (Å²) in [7, 11) is -3.45. The molecule has 2 rings (SSSR count). The number of carboxylic acid groups (broad SMARTS) is 1. The van der Waals surface area contributed by atoms with E-state index in [9.17, 15) is 13.2 Å². The van der Waals surface area contributed by atoms with Crippen LogP contribution >= 0.6 is 0 Å². The zero-order valence-electron chi connectivity index (χ0n) is 12.6. The van der Waals surface area contributed by atoms with E-state index in [-0.39, 0.29) is 12.5 Å². The predicted molar refractivity (Wildman–Crippen MR) is 80.5 cm³/mol. The van der Waals surface area contributed by atoms with Crippen molar-refractivity contribution in [2.45, 2.75) is 32.3 Å². The smallest absolute Gasteiger partial charge is 0.344 e. The van der Waals surface area contributed by atoms with Crippen molar-refractivity contribution in [3.8, 4) is 5.75 Å². The number of carbonyl (C=O) groups is 1. The number of fused-ring (bicyclic) bond motifs is 1. The van der Waals surface area contributed by atoms with Gasteiger partial charge in [-0.3, -0.25) is 4.18 Å². The van der Waals surface area contributed by atoms with Crippen LogP contribution in [0.4, 0.5) is 0 Å². The molecule has 0 fully saturated rings. The van der Waals surface area contributed by atoms with Crippen molar-refractivity contribution in [1.29, 1.82) is 0 Å². The third kappa shape index (κ3) is 4.20. The highest BCUT2D eigenvalue weighted by molar-refractivity contribution is 7.85. The average molecular weight is 328 g/mol. The van der Waals surface area contributed by atoms with Crippen LogP contribution in [0.25, 0.3) is 0 Å². The molecular formula is C15H20O6S. The largest absolute Gasteiger partial charge is 0.479 e. The zero-order valence-corrected chi connectivity index (χ0v) is 13.4. The lowest BCUT2D eigenvalue weighted by Crippen LogP contribution is -2.26. The minimum Gasteiger partial charge on any atom is -0.479 e. The molecule has 0 heterocycles. The quantitative estimate of drug-likeness (QED) is 0.765. The Morgan fingerprint density at radius 2 is 2.14 bits per heavy atom. The van der Waals surface area contributed by atoms with Gasteiger partial charge < -0.3 is 9.84 Å². The van der Waals surface area contributed by atoms with Gasteiger partial charge in [-0.05, 0) is 42.4 Å². The number of carboxylic acids is 1. The summed E-state index contributed by atoms with van der Waals surface area (Å²) in [5.74, 6) is -0.372. The van der Waals surface area contributed by atoms with Crippen molar-refractivity contribution in [3.05, 3.63) is 29.3 Å². The summed E-state index contributed by atoms with van der Waals surface area (Å²) in [6.07, 6.45) is 1.85. The first-order valence-electron chi connectivity index (χ1n) is 7.14. The number of ether oxygens (including phenoxy) is 1. The molecule has 0 amide bonds. The monoisotopic (exact) mass is 328 g/mol. The van der Waals surface area contributed by atoms with Crippen LogP contribution in [0.15, 0.2) is 18.2 Å². The van der Waals surface area contributed by atoms with Crippen LogP contribution in [-0.4, -0.2) is 38.5 Å². The molecule has 0 aromatic heterocycles. The normalized spacial score (nSPS) is 18.7.